The number of esters is 1. The summed E-state index contributed by atoms with van der Waals surface area (Å²) >= 11 is 0. The molecule has 4 heteroatoms. The molecule has 0 spiro atoms. The van der Waals surface area contributed by atoms with E-state index in [2.05, 4.69) is 0 Å². The lowest BCUT2D eigenvalue weighted by Crippen LogP contribution is -2.15. The maximum Gasteiger partial charge on any atom is 0.320 e. The van der Waals surface area contributed by atoms with Crippen molar-refractivity contribution in [3.05, 3.63) is 35.9 Å². The number of ether oxygens (including phenoxy) is 1. The molecule has 1 atom stereocenters. The molecule has 0 amide bonds. The molecule has 0 N–H and O–H groups in total. The Labute approximate surface area is 96.2 Å². The van der Waals surface area contributed by atoms with Crippen LogP contribution in [-0.4, -0.2) is 25.9 Å². The van der Waals surface area contributed by atoms with Gasteiger partial charge in [-0.15, -0.1) is 0 Å². The van der Waals surface area contributed by atoms with E-state index in [9.17, 15) is 9.36 Å². The summed E-state index contributed by atoms with van der Waals surface area (Å²) in [7, 11) is -2.56. The molecule has 88 valence electrons. The van der Waals surface area contributed by atoms with Gasteiger partial charge in [0.2, 0.25) is 0 Å². The van der Waals surface area contributed by atoms with E-state index in [1.54, 1.807) is 32.4 Å². The second-order valence-electron chi connectivity index (χ2n) is 4.00. The summed E-state index contributed by atoms with van der Waals surface area (Å²) in [6.07, 6.45) is 0. The quantitative estimate of drug-likeness (QED) is 0.600. The van der Waals surface area contributed by atoms with Gasteiger partial charge in [-0.05, 0) is 25.8 Å². The first kappa shape index (κ1) is 13.0. The van der Waals surface area contributed by atoms with Crippen molar-refractivity contribution in [3.8, 4) is 0 Å². The Hall–Kier alpha value is -1.08. The predicted octanol–water partition coefficient (Wildman–Crippen LogP) is 2.91. The highest BCUT2D eigenvalue weighted by Gasteiger charge is 2.33. The van der Waals surface area contributed by atoms with Crippen LogP contribution in [0.25, 0.3) is 0 Å². The fraction of sp³-hybridized carbons (Fsp3) is 0.417. The van der Waals surface area contributed by atoms with Gasteiger partial charge < -0.3 is 9.30 Å². The van der Waals surface area contributed by atoms with Gasteiger partial charge in [-0.25, -0.2) is 0 Å². The van der Waals surface area contributed by atoms with Gasteiger partial charge in [0.15, 0.2) is 0 Å². The van der Waals surface area contributed by atoms with Gasteiger partial charge in [-0.2, -0.15) is 0 Å². The van der Waals surface area contributed by atoms with E-state index < -0.39 is 18.8 Å². The van der Waals surface area contributed by atoms with Crippen LogP contribution in [0.2, 0.25) is 0 Å². The van der Waals surface area contributed by atoms with Crippen LogP contribution in [0.15, 0.2) is 30.3 Å². The summed E-state index contributed by atoms with van der Waals surface area (Å²) in [6, 6.07) is 9.14. The van der Waals surface area contributed by atoms with Crippen molar-refractivity contribution in [1.29, 1.82) is 0 Å². The van der Waals surface area contributed by atoms with Crippen molar-refractivity contribution in [1.82, 2.24) is 0 Å². The minimum atomic E-state index is -2.56. The molecule has 0 bridgehead atoms. The highest BCUT2D eigenvalue weighted by atomic mass is 31.2. The molecule has 16 heavy (non-hydrogen) atoms. The fourth-order valence-corrected chi connectivity index (χ4v) is 3.08. The van der Waals surface area contributed by atoms with E-state index in [0.29, 0.717) is 6.61 Å². The van der Waals surface area contributed by atoms with Crippen LogP contribution in [0.5, 0.6) is 0 Å². The Morgan fingerprint density at radius 2 is 1.88 bits per heavy atom. The van der Waals surface area contributed by atoms with Crippen LogP contribution in [0.3, 0.4) is 0 Å². The standard InChI is InChI=1S/C12H17O3P/c1-4-15-12(13)11(16(2,3)14)10-8-6-5-7-9-10/h5-9,11H,4H2,1-3H3. The Kier molecular flexibility index (Phi) is 4.31. The summed E-state index contributed by atoms with van der Waals surface area (Å²) in [5.74, 6) is -0.401. The van der Waals surface area contributed by atoms with Crippen LogP contribution < -0.4 is 0 Å². The zero-order valence-electron chi connectivity index (χ0n) is 9.84. The van der Waals surface area contributed by atoms with Gasteiger partial charge in [0.1, 0.15) is 5.66 Å². The van der Waals surface area contributed by atoms with E-state index in [0.717, 1.165) is 5.56 Å². The minimum Gasteiger partial charge on any atom is -0.465 e. The lowest BCUT2D eigenvalue weighted by atomic mass is 10.1. The molecule has 0 aliphatic carbocycles. The maximum absolute atomic E-state index is 12.1. The molecular formula is C12H17O3P. The lowest BCUT2D eigenvalue weighted by Gasteiger charge is -2.19. The molecule has 0 aromatic heterocycles. The molecule has 1 unspecified atom stereocenters. The number of carbonyl (C=O) groups excluding carboxylic acids is 1. The van der Waals surface area contributed by atoms with E-state index >= 15 is 0 Å². The molecule has 0 fully saturated rings. The molecule has 0 saturated carbocycles. The van der Waals surface area contributed by atoms with Crippen LogP contribution in [0, 0.1) is 0 Å². The third-order valence-electron chi connectivity index (χ3n) is 2.25. The van der Waals surface area contributed by atoms with Gasteiger partial charge in [-0.3, -0.25) is 4.79 Å². The summed E-state index contributed by atoms with van der Waals surface area (Å²) in [4.78, 5) is 11.8. The van der Waals surface area contributed by atoms with E-state index in [-0.39, 0.29) is 0 Å². The van der Waals surface area contributed by atoms with Crippen molar-refractivity contribution >= 4 is 13.1 Å². The van der Waals surface area contributed by atoms with Crippen molar-refractivity contribution < 1.29 is 14.1 Å². The van der Waals surface area contributed by atoms with Gasteiger partial charge in [0.05, 0.1) is 13.7 Å². The van der Waals surface area contributed by atoms with Crippen molar-refractivity contribution in [2.75, 3.05) is 19.9 Å². The molecule has 0 heterocycles. The molecule has 1 aromatic rings. The Morgan fingerprint density at radius 3 is 2.31 bits per heavy atom. The topological polar surface area (TPSA) is 43.4 Å². The Bertz CT molecular complexity index is 394. The van der Waals surface area contributed by atoms with Crippen molar-refractivity contribution in [2.45, 2.75) is 12.6 Å². The molecule has 3 nitrogen and oxygen atoms in total. The monoisotopic (exact) mass is 240 g/mol. The van der Waals surface area contributed by atoms with E-state index in [1.807, 2.05) is 18.2 Å². The summed E-state index contributed by atoms with van der Waals surface area (Å²) in [5.41, 5.74) is 0.114. The normalized spacial score (nSPS) is 13.2. The average molecular weight is 240 g/mol. The highest BCUT2D eigenvalue weighted by Crippen LogP contribution is 2.53. The minimum absolute atomic E-state index is 0.308. The van der Waals surface area contributed by atoms with Crippen LogP contribution in [-0.2, 0) is 14.1 Å². The molecule has 1 aromatic carbocycles. The summed E-state index contributed by atoms with van der Waals surface area (Å²) in [6.45, 7) is 5.28. The van der Waals surface area contributed by atoms with Gasteiger partial charge in [-0.1, -0.05) is 30.3 Å². The lowest BCUT2D eigenvalue weighted by molar-refractivity contribution is -0.142. The third kappa shape index (κ3) is 3.21. The number of rotatable bonds is 4. The molecule has 0 radical (unpaired) electrons. The molecule has 0 saturated heterocycles. The van der Waals surface area contributed by atoms with Crippen molar-refractivity contribution in [2.24, 2.45) is 0 Å². The number of hydrogen-bond acceptors (Lipinski definition) is 3. The van der Waals surface area contributed by atoms with Crippen molar-refractivity contribution in [3.63, 3.8) is 0 Å². The summed E-state index contributed by atoms with van der Waals surface area (Å²) < 4.78 is 17.1. The Morgan fingerprint density at radius 1 is 1.31 bits per heavy atom. The van der Waals surface area contributed by atoms with E-state index in [1.165, 1.54) is 0 Å². The zero-order valence-corrected chi connectivity index (χ0v) is 10.7. The van der Waals surface area contributed by atoms with Gasteiger partial charge >= 0.3 is 5.97 Å². The van der Waals surface area contributed by atoms with E-state index in [4.69, 9.17) is 4.74 Å². The number of benzene rings is 1. The van der Waals surface area contributed by atoms with Crippen LogP contribution in [0.1, 0.15) is 18.1 Å². The highest BCUT2D eigenvalue weighted by molar-refractivity contribution is 7.63. The smallest absolute Gasteiger partial charge is 0.320 e. The molecule has 1 rings (SSSR count). The average Bonchev–Trinajstić information content (AvgIpc) is 2.17. The first-order chi connectivity index (χ1) is 7.46. The maximum atomic E-state index is 12.1. The fourth-order valence-electron chi connectivity index (χ4n) is 1.61. The Balaban J connectivity index is 3.07. The zero-order chi connectivity index (χ0) is 12.2. The van der Waals surface area contributed by atoms with Gasteiger partial charge in [0, 0.05) is 0 Å². The predicted molar refractivity (Wildman–Crippen MR) is 65.3 cm³/mol. The largest absolute Gasteiger partial charge is 0.465 e. The molecule has 0 aliphatic heterocycles. The van der Waals surface area contributed by atoms with Crippen LogP contribution >= 0.6 is 7.14 Å². The number of carbonyl (C=O) groups is 1. The second-order valence-corrected chi connectivity index (χ2v) is 7.38. The third-order valence-corrected chi connectivity index (χ3v) is 4.00. The number of hydrogen-bond donors (Lipinski definition) is 0. The molecular weight excluding hydrogens is 223 g/mol. The first-order valence-electron chi connectivity index (χ1n) is 5.23. The SMILES string of the molecule is CCOC(=O)C(c1ccccc1)P(C)(C)=O. The van der Waals surface area contributed by atoms with Gasteiger partial charge in [0.25, 0.3) is 0 Å². The van der Waals surface area contributed by atoms with Crippen LogP contribution in [0.4, 0.5) is 0 Å². The summed E-state index contributed by atoms with van der Waals surface area (Å²) in [5, 5.41) is 0. The molecule has 0 aliphatic rings. The first-order valence-corrected chi connectivity index (χ1v) is 7.90. The second kappa shape index (κ2) is 5.31.